The second kappa shape index (κ2) is 9.50. The molecule has 1 saturated heterocycles. The maximum absolute atomic E-state index is 13.1. The fourth-order valence-electron chi connectivity index (χ4n) is 3.68. The van der Waals surface area contributed by atoms with E-state index in [0.29, 0.717) is 17.9 Å². The number of alkyl halides is 3. The van der Waals surface area contributed by atoms with Crippen LogP contribution in [-0.4, -0.2) is 38.3 Å². The molecule has 0 aromatic heterocycles. The number of halogens is 3. The van der Waals surface area contributed by atoms with Crippen LogP contribution >= 0.6 is 0 Å². The number of anilines is 1. The van der Waals surface area contributed by atoms with Crippen molar-refractivity contribution in [1.82, 2.24) is 4.31 Å². The van der Waals surface area contributed by atoms with Crippen molar-refractivity contribution in [2.45, 2.75) is 37.8 Å². The zero-order chi connectivity index (χ0) is 23.5. The molecule has 0 radical (unpaired) electrons. The molecule has 0 saturated carbocycles. The van der Waals surface area contributed by atoms with Gasteiger partial charge in [-0.2, -0.15) is 17.5 Å². The van der Waals surface area contributed by atoms with Crippen LogP contribution in [0.1, 0.15) is 30.9 Å². The van der Waals surface area contributed by atoms with Gasteiger partial charge in [0, 0.05) is 19.0 Å². The Morgan fingerprint density at radius 3 is 2.41 bits per heavy atom. The van der Waals surface area contributed by atoms with Gasteiger partial charge in [-0.3, -0.25) is 4.79 Å². The van der Waals surface area contributed by atoms with Crippen LogP contribution in [0, 0.1) is 12.8 Å². The molecule has 1 fully saturated rings. The number of hydrogen-bond acceptors (Lipinski definition) is 4. The highest BCUT2D eigenvalue weighted by molar-refractivity contribution is 7.89. The summed E-state index contributed by atoms with van der Waals surface area (Å²) >= 11 is 0. The van der Waals surface area contributed by atoms with Gasteiger partial charge in [-0.25, -0.2) is 8.42 Å². The van der Waals surface area contributed by atoms with E-state index >= 15 is 0 Å². The predicted octanol–water partition coefficient (Wildman–Crippen LogP) is 4.45. The highest BCUT2D eigenvalue weighted by atomic mass is 32.2. The summed E-state index contributed by atoms with van der Waals surface area (Å²) in [4.78, 5) is 12.7. The molecule has 0 spiro atoms. The minimum absolute atomic E-state index is 0.105. The zero-order valence-electron chi connectivity index (χ0n) is 17.8. The van der Waals surface area contributed by atoms with Crippen LogP contribution in [0.25, 0.3) is 0 Å². The molecule has 2 aromatic rings. The third-order valence-corrected chi connectivity index (χ3v) is 7.29. The number of para-hydroxylation sites is 1. The average molecular weight is 471 g/mol. The number of nitrogens with zero attached hydrogens (tertiary/aromatic N) is 1. The average Bonchev–Trinajstić information content (AvgIpc) is 2.75. The van der Waals surface area contributed by atoms with Crippen molar-refractivity contribution in [1.29, 1.82) is 0 Å². The summed E-state index contributed by atoms with van der Waals surface area (Å²) in [5, 5.41) is 2.36. The summed E-state index contributed by atoms with van der Waals surface area (Å²) in [6, 6.07) is 9.43. The predicted molar refractivity (Wildman–Crippen MR) is 114 cm³/mol. The lowest BCUT2D eigenvalue weighted by molar-refractivity contribution is -0.137. The van der Waals surface area contributed by atoms with E-state index < -0.39 is 33.6 Å². The van der Waals surface area contributed by atoms with Gasteiger partial charge in [0.15, 0.2) is 0 Å². The Labute approximate surface area is 185 Å². The summed E-state index contributed by atoms with van der Waals surface area (Å²) < 4.78 is 72.2. The summed E-state index contributed by atoms with van der Waals surface area (Å²) in [5.74, 6) is -0.513. The lowest BCUT2D eigenvalue weighted by atomic mass is 9.97. The smallest absolute Gasteiger partial charge is 0.418 e. The van der Waals surface area contributed by atoms with E-state index in [1.165, 1.54) is 28.6 Å². The van der Waals surface area contributed by atoms with Crippen LogP contribution in [0.4, 0.5) is 18.9 Å². The normalized spacial score (nSPS) is 16.0. The number of sulfonamides is 1. The number of piperidine rings is 1. The molecule has 0 unspecified atom stereocenters. The molecule has 1 N–H and O–H groups in total. The number of amides is 1. The molecule has 1 heterocycles. The van der Waals surface area contributed by atoms with Gasteiger partial charge in [-0.15, -0.1) is 0 Å². The van der Waals surface area contributed by atoms with Crippen molar-refractivity contribution >= 4 is 21.6 Å². The molecule has 1 amide bonds. The van der Waals surface area contributed by atoms with Crippen LogP contribution in [0.5, 0.6) is 5.75 Å². The molecule has 10 heteroatoms. The summed E-state index contributed by atoms with van der Waals surface area (Å²) in [6.45, 7) is 4.28. The fraction of sp³-hybridized carbons (Fsp3) is 0.409. The van der Waals surface area contributed by atoms with Crippen molar-refractivity contribution in [3.63, 3.8) is 0 Å². The molecular weight excluding hydrogens is 445 g/mol. The lowest BCUT2D eigenvalue weighted by Gasteiger charge is -2.31. The first kappa shape index (κ1) is 24.1. The molecule has 0 atom stereocenters. The molecule has 0 bridgehead atoms. The van der Waals surface area contributed by atoms with Crippen molar-refractivity contribution < 1.29 is 31.1 Å². The number of hydrogen-bond donors (Lipinski definition) is 1. The first-order chi connectivity index (χ1) is 15.0. The Bertz CT molecular complexity index is 1080. The largest absolute Gasteiger partial charge is 0.494 e. The Kier molecular flexibility index (Phi) is 7.14. The van der Waals surface area contributed by atoms with Gasteiger partial charge >= 0.3 is 6.18 Å². The Morgan fingerprint density at radius 1 is 1.16 bits per heavy atom. The molecule has 174 valence electrons. The molecule has 1 aliphatic rings. The topological polar surface area (TPSA) is 75.7 Å². The van der Waals surface area contributed by atoms with Gasteiger partial charge in [-0.1, -0.05) is 12.1 Å². The fourth-order valence-corrected chi connectivity index (χ4v) is 5.24. The molecule has 2 aromatic carbocycles. The number of carbonyl (C=O) groups excluding carboxylic acids is 1. The van der Waals surface area contributed by atoms with Crippen molar-refractivity contribution in [3.8, 4) is 5.75 Å². The summed E-state index contributed by atoms with van der Waals surface area (Å²) in [5.41, 5.74) is -0.519. The number of aryl methyl sites for hydroxylation is 1. The van der Waals surface area contributed by atoms with Crippen LogP contribution in [-0.2, 0) is 21.0 Å². The molecular formula is C22H25F3N2O4S. The van der Waals surface area contributed by atoms with Gasteiger partial charge in [0.25, 0.3) is 0 Å². The molecule has 1 aliphatic heterocycles. The van der Waals surface area contributed by atoms with Crippen LogP contribution < -0.4 is 10.1 Å². The van der Waals surface area contributed by atoms with Crippen molar-refractivity contribution in [2.75, 3.05) is 25.0 Å². The Morgan fingerprint density at radius 2 is 1.81 bits per heavy atom. The zero-order valence-corrected chi connectivity index (χ0v) is 18.6. The first-order valence-electron chi connectivity index (χ1n) is 10.2. The Hall–Kier alpha value is -2.59. The van der Waals surface area contributed by atoms with E-state index in [-0.39, 0.29) is 36.5 Å². The maximum Gasteiger partial charge on any atom is 0.418 e. The number of nitrogens with one attached hydrogen (secondary N) is 1. The molecule has 0 aliphatic carbocycles. The number of ether oxygens (including phenoxy) is 1. The third kappa shape index (κ3) is 5.24. The first-order valence-corrected chi connectivity index (χ1v) is 11.7. The summed E-state index contributed by atoms with van der Waals surface area (Å²) in [7, 11) is -3.75. The van der Waals surface area contributed by atoms with Gasteiger partial charge in [0.2, 0.25) is 15.9 Å². The second-order valence-corrected chi connectivity index (χ2v) is 9.51. The van der Waals surface area contributed by atoms with Crippen LogP contribution in [0.15, 0.2) is 47.4 Å². The van der Waals surface area contributed by atoms with Gasteiger partial charge in [-0.05, 0) is 62.6 Å². The number of rotatable bonds is 6. The minimum Gasteiger partial charge on any atom is -0.494 e. The Balaban J connectivity index is 1.66. The van der Waals surface area contributed by atoms with Gasteiger partial charge in [0.05, 0.1) is 22.8 Å². The van der Waals surface area contributed by atoms with E-state index in [1.807, 2.05) is 6.92 Å². The van der Waals surface area contributed by atoms with Crippen LogP contribution in [0.3, 0.4) is 0 Å². The van der Waals surface area contributed by atoms with Gasteiger partial charge < -0.3 is 10.1 Å². The highest BCUT2D eigenvalue weighted by Crippen LogP contribution is 2.35. The van der Waals surface area contributed by atoms with Crippen molar-refractivity contribution in [3.05, 3.63) is 53.6 Å². The van der Waals surface area contributed by atoms with E-state index in [0.717, 1.165) is 6.07 Å². The lowest BCUT2D eigenvalue weighted by Crippen LogP contribution is -2.41. The third-order valence-electron chi connectivity index (χ3n) is 5.40. The standard InChI is InChI=1S/C22H25F3N2O4S/c1-3-31-20-9-8-17(14-15(20)2)32(29,30)27-12-10-16(11-13-27)21(28)26-19-7-5-4-6-18(19)22(23,24)25/h4-9,14,16H,3,10-13H2,1-2H3,(H,26,28). The summed E-state index contributed by atoms with van der Waals surface area (Å²) in [6.07, 6.45) is -4.15. The quantitative estimate of drug-likeness (QED) is 0.677. The van der Waals surface area contributed by atoms with E-state index in [2.05, 4.69) is 5.32 Å². The molecule has 3 rings (SSSR count). The maximum atomic E-state index is 13.1. The van der Waals surface area contributed by atoms with Crippen LogP contribution in [0.2, 0.25) is 0 Å². The van der Waals surface area contributed by atoms with E-state index in [4.69, 9.17) is 4.74 Å². The van der Waals surface area contributed by atoms with E-state index in [9.17, 15) is 26.4 Å². The number of carbonyl (C=O) groups is 1. The van der Waals surface area contributed by atoms with Crippen molar-refractivity contribution in [2.24, 2.45) is 5.92 Å². The number of benzene rings is 2. The highest BCUT2D eigenvalue weighted by Gasteiger charge is 2.36. The monoisotopic (exact) mass is 470 g/mol. The van der Waals surface area contributed by atoms with E-state index in [1.54, 1.807) is 19.1 Å². The van der Waals surface area contributed by atoms with Gasteiger partial charge in [0.1, 0.15) is 5.75 Å². The molecule has 6 nitrogen and oxygen atoms in total. The minimum atomic E-state index is -4.59. The molecule has 32 heavy (non-hydrogen) atoms. The second-order valence-electron chi connectivity index (χ2n) is 7.57. The SMILES string of the molecule is CCOc1ccc(S(=O)(=O)N2CCC(C(=O)Nc3ccccc3C(F)(F)F)CC2)cc1C.